The summed E-state index contributed by atoms with van der Waals surface area (Å²) >= 11 is 0. The SMILES string of the molecule is COC(=O)c1cccc(C#N)c1CCC(=O)O. The normalized spacial score (nSPS) is 9.41. The highest BCUT2D eigenvalue weighted by Gasteiger charge is 2.15. The molecule has 88 valence electrons. The molecule has 1 N–H and O–H groups in total. The van der Waals surface area contributed by atoms with Gasteiger partial charge in [-0.25, -0.2) is 4.79 Å². The molecule has 0 spiro atoms. The Morgan fingerprint density at radius 1 is 1.47 bits per heavy atom. The van der Waals surface area contributed by atoms with Gasteiger partial charge in [-0.2, -0.15) is 5.26 Å². The molecule has 1 aromatic carbocycles. The number of hydrogen-bond donors (Lipinski definition) is 1. The number of esters is 1. The van der Waals surface area contributed by atoms with Crippen molar-refractivity contribution in [2.24, 2.45) is 0 Å². The molecule has 1 rings (SSSR count). The average molecular weight is 233 g/mol. The highest BCUT2D eigenvalue weighted by atomic mass is 16.5. The first-order chi connectivity index (χ1) is 8.10. The first kappa shape index (κ1) is 12.7. The summed E-state index contributed by atoms with van der Waals surface area (Å²) < 4.78 is 4.59. The summed E-state index contributed by atoms with van der Waals surface area (Å²) in [6, 6.07) is 6.57. The maximum absolute atomic E-state index is 11.5. The summed E-state index contributed by atoms with van der Waals surface area (Å²) in [5.41, 5.74) is 0.964. The van der Waals surface area contributed by atoms with Crippen molar-refractivity contribution in [1.82, 2.24) is 0 Å². The molecule has 0 amide bonds. The molecule has 0 radical (unpaired) electrons. The topological polar surface area (TPSA) is 87.4 Å². The van der Waals surface area contributed by atoms with Crippen molar-refractivity contribution in [1.29, 1.82) is 5.26 Å². The second-order valence-corrected chi connectivity index (χ2v) is 3.33. The van der Waals surface area contributed by atoms with Crippen molar-refractivity contribution in [2.45, 2.75) is 12.8 Å². The summed E-state index contributed by atoms with van der Waals surface area (Å²) in [5.74, 6) is -1.55. The van der Waals surface area contributed by atoms with E-state index in [-0.39, 0.29) is 18.4 Å². The van der Waals surface area contributed by atoms with Gasteiger partial charge in [-0.05, 0) is 24.1 Å². The lowest BCUT2D eigenvalue weighted by atomic mass is 9.97. The number of carbonyl (C=O) groups excluding carboxylic acids is 1. The number of carboxylic acids is 1. The van der Waals surface area contributed by atoms with Crippen molar-refractivity contribution >= 4 is 11.9 Å². The molecule has 0 aliphatic rings. The molecule has 0 saturated carbocycles. The smallest absolute Gasteiger partial charge is 0.338 e. The van der Waals surface area contributed by atoms with Gasteiger partial charge in [-0.3, -0.25) is 4.79 Å². The summed E-state index contributed by atoms with van der Waals surface area (Å²) in [6.07, 6.45) is -0.00775. The number of rotatable bonds is 4. The summed E-state index contributed by atoms with van der Waals surface area (Å²) in [5, 5.41) is 17.5. The predicted molar refractivity (Wildman–Crippen MR) is 58.5 cm³/mol. The summed E-state index contributed by atoms with van der Waals surface area (Å²) in [4.78, 5) is 22.0. The lowest BCUT2D eigenvalue weighted by Gasteiger charge is -2.08. The Bertz CT molecular complexity index is 488. The van der Waals surface area contributed by atoms with Crippen LogP contribution in [0, 0.1) is 11.3 Å². The molecule has 0 fully saturated rings. The molecular weight excluding hydrogens is 222 g/mol. The van der Waals surface area contributed by atoms with E-state index in [0.717, 1.165) is 0 Å². The van der Waals surface area contributed by atoms with Gasteiger partial charge in [0.05, 0.1) is 24.3 Å². The van der Waals surface area contributed by atoms with Crippen molar-refractivity contribution in [3.05, 3.63) is 34.9 Å². The van der Waals surface area contributed by atoms with Crippen LogP contribution in [-0.4, -0.2) is 24.2 Å². The number of benzene rings is 1. The van der Waals surface area contributed by atoms with Crippen LogP contribution in [0.25, 0.3) is 0 Å². The lowest BCUT2D eigenvalue weighted by Crippen LogP contribution is -2.09. The van der Waals surface area contributed by atoms with E-state index in [2.05, 4.69) is 4.74 Å². The minimum absolute atomic E-state index is 0.128. The van der Waals surface area contributed by atoms with Crippen molar-refractivity contribution in [3.8, 4) is 6.07 Å². The minimum atomic E-state index is -0.978. The first-order valence-electron chi connectivity index (χ1n) is 4.92. The Morgan fingerprint density at radius 2 is 2.18 bits per heavy atom. The van der Waals surface area contributed by atoms with E-state index < -0.39 is 11.9 Å². The molecule has 17 heavy (non-hydrogen) atoms. The van der Waals surface area contributed by atoms with Crippen LogP contribution in [0.3, 0.4) is 0 Å². The van der Waals surface area contributed by atoms with Crippen LogP contribution < -0.4 is 0 Å². The van der Waals surface area contributed by atoms with Gasteiger partial charge < -0.3 is 9.84 Å². The Kier molecular flexibility index (Phi) is 4.23. The quantitative estimate of drug-likeness (QED) is 0.793. The Labute approximate surface area is 98.2 Å². The van der Waals surface area contributed by atoms with Crippen LogP contribution in [0.15, 0.2) is 18.2 Å². The monoisotopic (exact) mass is 233 g/mol. The van der Waals surface area contributed by atoms with Crippen molar-refractivity contribution in [3.63, 3.8) is 0 Å². The van der Waals surface area contributed by atoms with Gasteiger partial charge in [-0.15, -0.1) is 0 Å². The number of hydrogen-bond acceptors (Lipinski definition) is 4. The van der Waals surface area contributed by atoms with Crippen LogP contribution in [0.2, 0.25) is 0 Å². The number of ether oxygens (including phenoxy) is 1. The minimum Gasteiger partial charge on any atom is -0.481 e. The van der Waals surface area contributed by atoms with E-state index in [4.69, 9.17) is 10.4 Å². The number of carboxylic acid groups (broad SMARTS) is 1. The van der Waals surface area contributed by atoms with Gasteiger partial charge in [0.2, 0.25) is 0 Å². The number of carbonyl (C=O) groups is 2. The molecule has 0 saturated heterocycles. The third kappa shape index (κ3) is 3.05. The number of aliphatic carboxylic acids is 1. The predicted octanol–water partition coefficient (Wildman–Crippen LogP) is 1.36. The molecule has 0 heterocycles. The van der Waals surface area contributed by atoms with E-state index in [1.807, 2.05) is 6.07 Å². The van der Waals surface area contributed by atoms with Crippen LogP contribution in [0.4, 0.5) is 0 Å². The van der Waals surface area contributed by atoms with Gasteiger partial charge in [0.15, 0.2) is 0 Å². The van der Waals surface area contributed by atoms with Gasteiger partial charge in [0, 0.05) is 6.42 Å². The first-order valence-corrected chi connectivity index (χ1v) is 4.92. The average Bonchev–Trinajstić information content (AvgIpc) is 2.34. The molecule has 5 nitrogen and oxygen atoms in total. The van der Waals surface area contributed by atoms with Crippen molar-refractivity contribution in [2.75, 3.05) is 7.11 Å². The van der Waals surface area contributed by atoms with Crippen molar-refractivity contribution < 1.29 is 19.4 Å². The maximum Gasteiger partial charge on any atom is 0.338 e. The molecular formula is C12H11NO4. The zero-order valence-electron chi connectivity index (χ0n) is 9.27. The molecule has 1 aromatic rings. The fraction of sp³-hybridized carbons (Fsp3) is 0.250. The van der Waals surface area contributed by atoms with E-state index in [1.165, 1.54) is 13.2 Å². The van der Waals surface area contributed by atoms with Crippen LogP contribution in [-0.2, 0) is 16.0 Å². The summed E-state index contributed by atoms with van der Waals surface area (Å²) in [6.45, 7) is 0. The van der Waals surface area contributed by atoms with Crippen LogP contribution in [0.1, 0.15) is 27.9 Å². The highest BCUT2D eigenvalue weighted by Crippen LogP contribution is 2.17. The molecule has 0 aliphatic heterocycles. The van der Waals surface area contributed by atoms with Gasteiger partial charge in [0.25, 0.3) is 0 Å². The molecule has 0 aromatic heterocycles. The zero-order chi connectivity index (χ0) is 12.8. The van der Waals surface area contributed by atoms with E-state index in [0.29, 0.717) is 11.1 Å². The molecule has 0 atom stereocenters. The van der Waals surface area contributed by atoms with Crippen LogP contribution in [0.5, 0.6) is 0 Å². The zero-order valence-corrected chi connectivity index (χ0v) is 9.27. The third-order valence-electron chi connectivity index (χ3n) is 2.29. The number of nitriles is 1. The Balaban J connectivity index is 3.16. The summed E-state index contributed by atoms with van der Waals surface area (Å²) in [7, 11) is 1.24. The van der Waals surface area contributed by atoms with Gasteiger partial charge in [0.1, 0.15) is 0 Å². The highest BCUT2D eigenvalue weighted by molar-refractivity contribution is 5.91. The van der Waals surface area contributed by atoms with Gasteiger partial charge in [-0.1, -0.05) is 6.07 Å². The lowest BCUT2D eigenvalue weighted by molar-refractivity contribution is -0.136. The van der Waals surface area contributed by atoms with E-state index in [9.17, 15) is 9.59 Å². The molecule has 0 bridgehead atoms. The maximum atomic E-state index is 11.5. The molecule has 5 heteroatoms. The van der Waals surface area contributed by atoms with Crippen LogP contribution >= 0.6 is 0 Å². The van der Waals surface area contributed by atoms with E-state index in [1.54, 1.807) is 12.1 Å². The Morgan fingerprint density at radius 3 is 2.71 bits per heavy atom. The number of nitrogens with zero attached hydrogens (tertiary/aromatic N) is 1. The largest absolute Gasteiger partial charge is 0.481 e. The molecule has 0 aliphatic carbocycles. The second kappa shape index (κ2) is 5.66. The second-order valence-electron chi connectivity index (χ2n) is 3.33. The molecule has 0 unspecified atom stereocenters. The standard InChI is InChI=1S/C12H11NO4/c1-17-12(16)10-4-2-3-8(7-13)9(10)5-6-11(14)15/h2-4H,5-6H2,1H3,(H,14,15). The van der Waals surface area contributed by atoms with Gasteiger partial charge >= 0.3 is 11.9 Å². The van der Waals surface area contributed by atoms with E-state index >= 15 is 0 Å². The Hall–Kier alpha value is -2.35. The number of methoxy groups -OCH3 is 1. The fourth-order valence-electron chi connectivity index (χ4n) is 1.49. The fourth-order valence-corrected chi connectivity index (χ4v) is 1.49. The third-order valence-corrected chi connectivity index (χ3v) is 2.29.